The molecular formula is C26H32BrN3O6S. The van der Waals surface area contributed by atoms with Crippen molar-refractivity contribution in [3.8, 4) is 11.5 Å². The molecule has 0 saturated heterocycles. The van der Waals surface area contributed by atoms with Gasteiger partial charge in [0.15, 0.2) is 11.5 Å². The predicted molar refractivity (Wildman–Crippen MR) is 144 cm³/mol. The van der Waals surface area contributed by atoms with Crippen LogP contribution in [0, 0.1) is 0 Å². The van der Waals surface area contributed by atoms with Gasteiger partial charge in [0.1, 0.15) is 12.6 Å². The van der Waals surface area contributed by atoms with Gasteiger partial charge in [0.2, 0.25) is 28.6 Å². The number of benzene rings is 2. The minimum absolute atomic E-state index is 0.0479. The largest absolute Gasteiger partial charge is 0.454 e. The third kappa shape index (κ3) is 6.56. The molecule has 1 aliphatic heterocycles. The van der Waals surface area contributed by atoms with Crippen LogP contribution in [0.2, 0.25) is 0 Å². The molecule has 2 amide bonds. The van der Waals surface area contributed by atoms with E-state index < -0.39 is 28.5 Å². The Morgan fingerprint density at radius 1 is 1.11 bits per heavy atom. The third-order valence-corrected chi connectivity index (χ3v) is 8.97. The van der Waals surface area contributed by atoms with Gasteiger partial charge < -0.3 is 19.7 Å². The van der Waals surface area contributed by atoms with Crippen molar-refractivity contribution in [3.63, 3.8) is 0 Å². The Labute approximate surface area is 226 Å². The lowest BCUT2D eigenvalue weighted by Crippen LogP contribution is -2.52. The fourth-order valence-electron chi connectivity index (χ4n) is 4.57. The van der Waals surface area contributed by atoms with Crippen LogP contribution in [0.5, 0.6) is 11.5 Å². The van der Waals surface area contributed by atoms with Crippen molar-refractivity contribution in [1.29, 1.82) is 0 Å². The first-order valence-electron chi connectivity index (χ1n) is 12.4. The normalized spacial score (nSPS) is 15.9. The molecule has 0 spiro atoms. The molecule has 4 rings (SSSR count). The summed E-state index contributed by atoms with van der Waals surface area (Å²) in [6, 6.07) is 11.5. The van der Waals surface area contributed by atoms with Crippen LogP contribution in [-0.2, 0) is 26.2 Å². The Morgan fingerprint density at radius 2 is 1.84 bits per heavy atom. The Hall–Kier alpha value is -2.79. The molecule has 1 N–H and O–H groups in total. The van der Waals surface area contributed by atoms with Gasteiger partial charge in [-0.3, -0.25) is 13.9 Å². The standard InChI is InChI=1S/C26H32BrN3O6S/c1-3-37(33,34)30(22-11-12-23-24(14-22)36-17-35-23)16-25(31)29(15-19-7-6-8-20(27)13-19)18(2)26(32)28-21-9-4-5-10-21/h6-8,11-14,18,21H,3-5,9-10,15-17H2,1-2H3,(H,28,32). The van der Waals surface area contributed by atoms with Crippen LogP contribution in [0.15, 0.2) is 46.9 Å². The molecule has 0 aromatic heterocycles. The van der Waals surface area contributed by atoms with Gasteiger partial charge in [-0.05, 0) is 56.5 Å². The zero-order valence-corrected chi connectivity index (χ0v) is 23.4. The van der Waals surface area contributed by atoms with Gasteiger partial charge in [-0.2, -0.15) is 0 Å². The van der Waals surface area contributed by atoms with Crippen molar-refractivity contribution in [2.45, 2.75) is 58.2 Å². The zero-order valence-electron chi connectivity index (χ0n) is 21.0. The fourth-order valence-corrected chi connectivity index (χ4v) is 6.07. The SMILES string of the molecule is CCS(=O)(=O)N(CC(=O)N(Cc1cccc(Br)c1)C(C)C(=O)NC1CCCC1)c1ccc2c(c1)OCO2. The molecule has 1 unspecified atom stereocenters. The van der Waals surface area contributed by atoms with Gasteiger partial charge in [-0.1, -0.05) is 40.9 Å². The number of hydrogen-bond donors (Lipinski definition) is 1. The average molecular weight is 595 g/mol. The van der Waals surface area contributed by atoms with Crippen LogP contribution in [0.4, 0.5) is 5.69 Å². The minimum atomic E-state index is -3.82. The molecule has 200 valence electrons. The summed E-state index contributed by atoms with van der Waals surface area (Å²) in [5.74, 6) is -0.00105. The summed E-state index contributed by atoms with van der Waals surface area (Å²) in [7, 11) is -3.82. The van der Waals surface area contributed by atoms with E-state index in [-0.39, 0.29) is 31.0 Å². The molecular weight excluding hydrogens is 562 g/mol. The maximum absolute atomic E-state index is 13.8. The number of rotatable bonds is 10. The number of ether oxygens (including phenoxy) is 2. The molecule has 1 atom stereocenters. The van der Waals surface area contributed by atoms with Crippen molar-refractivity contribution in [1.82, 2.24) is 10.2 Å². The molecule has 2 aliphatic rings. The van der Waals surface area contributed by atoms with Gasteiger partial charge in [0.25, 0.3) is 0 Å². The van der Waals surface area contributed by atoms with E-state index in [1.54, 1.807) is 25.1 Å². The molecule has 1 aliphatic carbocycles. The first-order chi connectivity index (χ1) is 17.7. The number of hydrogen-bond acceptors (Lipinski definition) is 6. The predicted octanol–water partition coefficient (Wildman–Crippen LogP) is 3.81. The molecule has 1 heterocycles. The molecule has 0 radical (unpaired) electrons. The number of nitrogens with zero attached hydrogens (tertiary/aromatic N) is 2. The van der Waals surface area contributed by atoms with Crippen molar-refractivity contribution in [3.05, 3.63) is 52.5 Å². The summed E-state index contributed by atoms with van der Waals surface area (Å²) >= 11 is 3.45. The van der Waals surface area contributed by atoms with E-state index in [2.05, 4.69) is 21.2 Å². The first-order valence-corrected chi connectivity index (χ1v) is 14.8. The summed E-state index contributed by atoms with van der Waals surface area (Å²) in [6.07, 6.45) is 3.98. The number of amides is 2. The van der Waals surface area contributed by atoms with Crippen LogP contribution >= 0.6 is 15.9 Å². The van der Waals surface area contributed by atoms with E-state index in [4.69, 9.17) is 9.47 Å². The summed E-state index contributed by atoms with van der Waals surface area (Å²) in [5, 5.41) is 3.06. The molecule has 1 fully saturated rings. The van der Waals surface area contributed by atoms with Gasteiger partial charge in [-0.25, -0.2) is 8.42 Å². The van der Waals surface area contributed by atoms with E-state index in [0.29, 0.717) is 17.2 Å². The van der Waals surface area contributed by atoms with Crippen molar-refractivity contribution >= 4 is 43.5 Å². The summed E-state index contributed by atoms with van der Waals surface area (Å²) < 4.78 is 38.9. The van der Waals surface area contributed by atoms with Gasteiger partial charge in [-0.15, -0.1) is 0 Å². The van der Waals surface area contributed by atoms with Crippen molar-refractivity contribution in [2.75, 3.05) is 23.4 Å². The van der Waals surface area contributed by atoms with E-state index in [1.807, 2.05) is 24.3 Å². The number of carbonyl (C=O) groups is 2. The monoisotopic (exact) mass is 593 g/mol. The number of fused-ring (bicyclic) bond motifs is 1. The molecule has 2 aromatic carbocycles. The van der Waals surface area contributed by atoms with E-state index in [9.17, 15) is 18.0 Å². The van der Waals surface area contributed by atoms with E-state index >= 15 is 0 Å². The fraction of sp³-hybridized carbons (Fsp3) is 0.462. The van der Waals surface area contributed by atoms with Crippen LogP contribution in [0.1, 0.15) is 45.1 Å². The van der Waals surface area contributed by atoms with Crippen LogP contribution in [0.3, 0.4) is 0 Å². The highest BCUT2D eigenvalue weighted by molar-refractivity contribution is 9.10. The Morgan fingerprint density at radius 3 is 2.54 bits per heavy atom. The smallest absolute Gasteiger partial charge is 0.244 e. The molecule has 9 nitrogen and oxygen atoms in total. The summed E-state index contributed by atoms with van der Waals surface area (Å²) in [4.78, 5) is 28.4. The highest BCUT2D eigenvalue weighted by Gasteiger charge is 2.32. The Balaban J connectivity index is 1.62. The molecule has 0 bridgehead atoms. The Bertz CT molecular complexity index is 1250. The highest BCUT2D eigenvalue weighted by Crippen LogP contribution is 2.36. The lowest BCUT2D eigenvalue weighted by Gasteiger charge is -2.32. The average Bonchev–Trinajstić information content (AvgIpc) is 3.56. The summed E-state index contributed by atoms with van der Waals surface area (Å²) in [5.41, 5.74) is 1.11. The number of halogens is 1. The molecule has 2 aromatic rings. The number of nitrogens with one attached hydrogen (secondary N) is 1. The van der Waals surface area contributed by atoms with Crippen molar-refractivity contribution in [2.24, 2.45) is 0 Å². The van der Waals surface area contributed by atoms with Crippen LogP contribution in [0.25, 0.3) is 0 Å². The lowest BCUT2D eigenvalue weighted by molar-refractivity contribution is -0.139. The lowest BCUT2D eigenvalue weighted by atomic mass is 10.1. The first kappa shape index (κ1) is 27.3. The third-order valence-electron chi connectivity index (χ3n) is 6.73. The van der Waals surface area contributed by atoms with Crippen LogP contribution < -0.4 is 19.1 Å². The van der Waals surface area contributed by atoms with Gasteiger partial charge in [0, 0.05) is 23.1 Å². The van der Waals surface area contributed by atoms with Crippen LogP contribution in [-0.4, -0.2) is 56.3 Å². The molecule has 37 heavy (non-hydrogen) atoms. The minimum Gasteiger partial charge on any atom is -0.454 e. The quantitative estimate of drug-likeness (QED) is 0.449. The number of sulfonamides is 1. The maximum atomic E-state index is 13.8. The molecule has 11 heteroatoms. The van der Waals surface area contributed by atoms with E-state index in [0.717, 1.165) is 40.0 Å². The van der Waals surface area contributed by atoms with E-state index in [1.165, 1.54) is 11.8 Å². The second kappa shape index (κ2) is 11.7. The van der Waals surface area contributed by atoms with Gasteiger partial charge >= 0.3 is 0 Å². The van der Waals surface area contributed by atoms with Gasteiger partial charge in [0.05, 0.1) is 11.4 Å². The number of carbonyl (C=O) groups excluding carboxylic acids is 2. The second-order valence-electron chi connectivity index (χ2n) is 9.26. The Kier molecular flexibility index (Phi) is 8.63. The second-order valence-corrected chi connectivity index (χ2v) is 12.4. The molecule has 1 saturated carbocycles. The highest BCUT2D eigenvalue weighted by atomic mass is 79.9. The summed E-state index contributed by atoms with van der Waals surface area (Å²) in [6.45, 7) is 2.95. The topological polar surface area (TPSA) is 105 Å². The zero-order chi connectivity index (χ0) is 26.6. The van der Waals surface area contributed by atoms with Crippen molar-refractivity contribution < 1.29 is 27.5 Å². The maximum Gasteiger partial charge on any atom is 0.244 e. The number of anilines is 1.